The molecule has 0 fully saturated rings. The van der Waals surface area contributed by atoms with Crippen molar-refractivity contribution in [3.05, 3.63) is 24.8 Å². The highest BCUT2D eigenvalue weighted by Gasteiger charge is 2.03. The van der Waals surface area contributed by atoms with E-state index in [0.29, 0.717) is 12.5 Å². The predicted molar refractivity (Wildman–Crippen MR) is 66.0 cm³/mol. The quantitative estimate of drug-likeness (QED) is 0.672. The lowest BCUT2D eigenvalue weighted by atomic mass is 10.1. The van der Waals surface area contributed by atoms with Crippen LogP contribution in [0.4, 0.5) is 0 Å². The van der Waals surface area contributed by atoms with Crippen LogP contribution in [0.5, 0.6) is 0 Å². The van der Waals surface area contributed by atoms with E-state index in [1.807, 2.05) is 26.8 Å². The van der Waals surface area contributed by atoms with E-state index in [1.54, 1.807) is 6.08 Å². The Morgan fingerprint density at radius 1 is 1.31 bits per heavy atom. The molecule has 0 aliphatic heterocycles. The summed E-state index contributed by atoms with van der Waals surface area (Å²) < 4.78 is 0. The molecule has 0 heterocycles. The first-order chi connectivity index (χ1) is 7.47. The van der Waals surface area contributed by atoms with Crippen LogP contribution >= 0.6 is 0 Å². The van der Waals surface area contributed by atoms with Crippen molar-refractivity contribution in [1.29, 1.82) is 0 Å². The minimum atomic E-state index is -0.158. The van der Waals surface area contributed by atoms with Gasteiger partial charge in [-0.3, -0.25) is 9.59 Å². The van der Waals surface area contributed by atoms with Crippen LogP contribution in [-0.4, -0.2) is 18.2 Å². The second-order valence-electron chi connectivity index (χ2n) is 4.25. The summed E-state index contributed by atoms with van der Waals surface area (Å²) in [5, 5.41) is 2.72. The molecule has 0 saturated carbocycles. The van der Waals surface area contributed by atoms with Crippen molar-refractivity contribution in [1.82, 2.24) is 5.32 Å². The zero-order valence-corrected chi connectivity index (χ0v) is 10.3. The van der Waals surface area contributed by atoms with Crippen molar-refractivity contribution in [3.8, 4) is 0 Å². The van der Waals surface area contributed by atoms with E-state index in [2.05, 4.69) is 11.9 Å². The fraction of sp³-hybridized carbons (Fsp3) is 0.538. The molecule has 90 valence electrons. The summed E-state index contributed by atoms with van der Waals surface area (Å²) in [6.07, 6.45) is 5.53. The van der Waals surface area contributed by atoms with Crippen LogP contribution in [0, 0.1) is 11.8 Å². The third kappa shape index (κ3) is 6.98. The van der Waals surface area contributed by atoms with Gasteiger partial charge < -0.3 is 5.32 Å². The number of nitrogens with one attached hydrogen (secondary N) is 1. The fourth-order valence-corrected chi connectivity index (χ4v) is 1.04. The first-order valence-corrected chi connectivity index (χ1v) is 5.58. The largest absolute Gasteiger partial charge is 0.352 e. The van der Waals surface area contributed by atoms with E-state index < -0.39 is 0 Å². The molecule has 1 atom stereocenters. The SMILES string of the molecule is C=CC(=O)NCC(C)C/C=C/C(=O)C(C)C. The van der Waals surface area contributed by atoms with E-state index in [1.165, 1.54) is 6.08 Å². The minimum Gasteiger partial charge on any atom is -0.352 e. The van der Waals surface area contributed by atoms with Crippen LogP contribution in [0.2, 0.25) is 0 Å². The van der Waals surface area contributed by atoms with Gasteiger partial charge in [0.05, 0.1) is 0 Å². The van der Waals surface area contributed by atoms with Crippen molar-refractivity contribution < 1.29 is 9.59 Å². The summed E-state index contributed by atoms with van der Waals surface area (Å²) in [6, 6.07) is 0. The van der Waals surface area contributed by atoms with Crippen LogP contribution in [-0.2, 0) is 9.59 Å². The number of ketones is 1. The lowest BCUT2D eigenvalue weighted by Gasteiger charge is -2.08. The van der Waals surface area contributed by atoms with E-state index in [9.17, 15) is 9.59 Å². The van der Waals surface area contributed by atoms with Gasteiger partial charge in [-0.25, -0.2) is 0 Å². The number of amides is 1. The minimum absolute atomic E-state index is 0.0482. The molecule has 3 heteroatoms. The highest BCUT2D eigenvalue weighted by Crippen LogP contribution is 2.03. The number of carbonyl (C=O) groups excluding carboxylic acids is 2. The lowest BCUT2D eigenvalue weighted by Crippen LogP contribution is -2.26. The maximum Gasteiger partial charge on any atom is 0.243 e. The van der Waals surface area contributed by atoms with E-state index in [4.69, 9.17) is 0 Å². The molecule has 0 radical (unpaired) electrons. The zero-order valence-electron chi connectivity index (χ0n) is 10.3. The fourth-order valence-electron chi connectivity index (χ4n) is 1.04. The van der Waals surface area contributed by atoms with Crippen molar-refractivity contribution in [3.63, 3.8) is 0 Å². The summed E-state index contributed by atoms with van der Waals surface area (Å²) in [5.41, 5.74) is 0. The van der Waals surface area contributed by atoms with E-state index >= 15 is 0 Å². The van der Waals surface area contributed by atoms with Crippen LogP contribution in [0.3, 0.4) is 0 Å². The molecular formula is C13H21NO2. The highest BCUT2D eigenvalue weighted by atomic mass is 16.1. The van der Waals surface area contributed by atoms with Gasteiger partial charge in [0.2, 0.25) is 5.91 Å². The smallest absolute Gasteiger partial charge is 0.243 e. The van der Waals surface area contributed by atoms with Gasteiger partial charge in [-0.1, -0.05) is 33.4 Å². The Morgan fingerprint density at radius 3 is 2.44 bits per heavy atom. The van der Waals surface area contributed by atoms with Gasteiger partial charge in [-0.05, 0) is 24.5 Å². The van der Waals surface area contributed by atoms with Crippen molar-refractivity contribution >= 4 is 11.7 Å². The van der Waals surface area contributed by atoms with Gasteiger partial charge in [-0.15, -0.1) is 0 Å². The molecule has 1 unspecified atom stereocenters. The third-order valence-electron chi connectivity index (χ3n) is 2.20. The molecule has 0 bridgehead atoms. The Kier molecular flexibility index (Phi) is 7.18. The molecule has 16 heavy (non-hydrogen) atoms. The van der Waals surface area contributed by atoms with Crippen molar-refractivity contribution in [2.45, 2.75) is 27.2 Å². The Labute approximate surface area is 97.6 Å². The van der Waals surface area contributed by atoms with Crippen LogP contribution < -0.4 is 5.32 Å². The summed E-state index contributed by atoms with van der Waals surface area (Å²) in [5.74, 6) is 0.351. The standard InChI is InChI=1S/C13H21NO2/c1-5-13(16)14-9-11(4)7-6-8-12(15)10(2)3/h5-6,8,10-11H,1,7,9H2,2-4H3,(H,14,16)/b8-6+. The Morgan fingerprint density at radius 2 is 1.94 bits per heavy atom. The van der Waals surface area contributed by atoms with Crippen molar-refractivity contribution in [2.24, 2.45) is 11.8 Å². The van der Waals surface area contributed by atoms with Gasteiger partial charge in [0, 0.05) is 12.5 Å². The highest BCUT2D eigenvalue weighted by molar-refractivity contribution is 5.91. The van der Waals surface area contributed by atoms with Crippen LogP contribution in [0.1, 0.15) is 27.2 Å². The van der Waals surface area contributed by atoms with Gasteiger partial charge in [0.15, 0.2) is 5.78 Å². The molecule has 0 aromatic rings. The second kappa shape index (κ2) is 7.85. The molecular weight excluding hydrogens is 202 g/mol. The van der Waals surface area contributed by atoms with Crippen LogP contribution in [0.15, 0.2) is 24.8 Å². The second-order valence-corrected chi connectivity index (χ2v) is 4.25. The number of allylic oxidation sites excluding steroid dienone is 2. The predicted octanol–water partition coefficient (Wildman–Crippen LogP) is 2.10. The van der Waals surface area contributed by atoms with E-state index in [-0.39, 0.29) is 17.6 Å². The normalized spacial score (nSPS) is 12.8. The summed E-state index contributed by atoms with van der Waals surface area (Å²) in [7, 11) is 0. The zero-order chi connectivity index (χ0) is 12.6. The average molecular weight is 223 g/mol. The molecule has 0 rings (SSSR count). The maximum absolute atomic E-state index is 11.3. The van der Waals surface area contributed by atoms with Gasteiger partial charge in [0.1, 0.15) is 0 Å². The van der Waals surface area contributed by atoms with Crippen molar-refractivity contribution in [2.75, 3.05) is 6.54 Å². The van der Waals surface area contributed by atoms with Gasteiger partial charge in [0.25, 0.3) is 0 Å². The molecule has 1 N–H and O–H groups in total. The molecule has 0 saturated heterocycles. The molecule has 1 amide bonds. The molecule has 0 aromatic heterocycles. The first kappa shape index (κ1) is 14.6. The topological polar surface area (TPSA) is 46.2 Å². The number of rotatable bonds is 7. The van der Waals surface area contributed by atoms with Gasteiger partial charge >= 0.3 is 0 Å². The number of hydrogen-bond acceptors (Lipinski definition) is 2. The van der Waals surface area contributed by atoms with Crippen LogP contribution in [0.25, 0.3) is 0 Å². The molecule has 0 aromatic carbocycles. The summed E-state index contributed by atoms with van der Waals surface area (Å²) in [4.78, 5) is 22.2. The molecule has 0 spiro atoms. The number of hydrogen-bond donors (Lipinski definition) is 1. The lowest BCUT2D eigenvalue weighted by molar-refractivity contribution is -0.117. The van der Waals surface area contributed by atoms with E-state index in [0.717, 1.165) is 6.42 Å². The molecule has 0 aliphatic rings. The molecule has 0 aliphatic carbocycles. The third-order valence-corrected chi connectivity index (χ3v) is 2.20. The Balaban J connectivity index is 3.80. The summed E-state index contributed by atoms with van der Waals surface area (Å²) in [6.45, 7) is 9.75. The summed E-state index contributed by atoms with van der Waals surface area (Å²) >= 11 is 0. The monoisotopic (exact) mass is 223 g/mol. The maximum atomic E-state index is 11.3. The van der Waals surface area contributed by atoms with Gasteiger partial charge in [-0.2, -0.15) is 0 Å². The average Bonchev–Trinajstić information content (AvgIpc) is 2.25. The number of carbonyl (C=O) groups is 2. The molecule has 3 nitrogen and oxygen atoms in total. The Hall–Kier alpha value is -1.38. The Bertz CT molecular complexity index is 280. The first-order valence-electron chi connectivity index (χ1n) is 5.58.